The SMILES string of the molecule is CCCCCCCCCCCCC[C@@H](O)[C@H](C(=O)O)C(CCCCC)OC(=O)[C@H](CC(C)C)NC=O. The molecule has 0 aromatic rings. The van der Waals surface area contributed by atoms with E-state index >= 15 is 0 Å². The van der Waals surface area contributed by atoms with Gasteiger partial charge in [0.15, 0.2) is 0 Å². The number of hydrogen-bond donors (Lipinski definition) is 3. The minimum Gasteiger partial charge on any atom is -0.481 e. The first-order chi connectivity index (χ1) is 17.3. The second-order valence-electron chi connectivity index (χ2n) is 10.7. The number of rotatable bonds is 25. The number of amides is 1. The highest BCUT2D eigenvalue weighted by Gasteiger charge is 2.38. The molecule has 0 bridgehead atoms. The number of esters is 1. The minimum absolute atomic E-state index is 0.149. The van der Waals surface area contributed by atoms with Gasteiger partial charge in [-0.25, -0.2) is 4.79 Å². The van der Waals surface area contributed by atoms with Crippen molar-refractivity contribution in [2.45, 2.75) is 155 Å². The van der Waals surface area contributed by atoms with Gasteiger partial charge in [0.25, 0.3) is 0 Å². The zero-order valence-electron chi connectivity index (χ0n) is 23.5. The van der Waals surface area contributed by atoms with Crippen LogP contribution in [0.3, 0.4) is 0 Å². The van der Waals surface area contributed by atoms with Gasteiger partial charge in [0.05, 0.1) is 6.10 Å². The van der Waals surface area contributed by atoms with E-state index in [1.165, 1.54) is 51.4 Å². The molecule has 7 heteroatoms. The summed E-state index contributed by atoms with van der Waals surface area (Å²) in [6.07, 6.45) is 15.2. The fraction of sp³-hybridized carbons (Fsp3) is 0.897. The second kappa shape index (κ2) is 22.6. The van der Waals surface area contributed by atoms with Gasteiger partial charge < -0.3 is 20.3 Å². The number of carbonyl (C=O) groups is 3. The van der Waals surface area contributed by atoms with E-state index in [0.29, 0.717) is 32.1 Å². The van der Waals surface area contributed by atoms with E-state index in [0.717, 1.165) is 32.1 Å². The van der Waals surface area contributed by atoms with Gasteiger partial charge in [0, 0.05) is 0 Å². The van der Waals surface area contributed by atoms with Crippen molar-refractivity contribution in [3.05, 3.63) is 0 Å². The van der Waals surface area contributed by atoms with Crippen LogP contribution in [0.2, 0.25) is 0 Å². The van der Waals surface area contributed by atoms with Crippen LogP contribution in [0.4, 0.5) is 0 Å². The Bertz CT molecular complexity index is 568. The van der Waals surface area contributed by atoms with Gasteiger partial charge in [-0.3, -0.25) is 9.59 Å². The third-order valence-electron chi connectivity index (χ3n) is 6.82. The molecule has 7 nitrogen and oxygen atoms in total. The largest absolute Gasteiger partial charge is 0.481 e. The maximum atomic E-state index is 12.8. The summed E-state index contributed by atoms with van der Waals surface area (Å²) in [5.41, 5.74) is 0. The molecule has 0 heterocycles. The summed E-state index contributed by atoms with van der Waals surface area (Å²) in [5, 5.41) is 23.2. The lowest BCUT2D eigenvalue weighted by Gasteiger charge is -2.29. The van der Waals surface area contributed by atoms with E-state index in [4.69, 9.17) is 4.74 Å². The molecule has 0 aliphatic rings. The summed E-state index contributed by atoms with van der Waals surface area (Å²) < 4.78 is 5.66. The van der Waals surface area contributed by atoms with Gasteiger partial charge in [0.2, 0.25) is 6.41 Å². The number of ether oxygens (including phenoxy) is 1. The van der Waals surface area contributed by atoms with Gasteiger partial charge >= 0.3 is 11.9 Å². The van der Waals surface area contributed by atoms with Crippen molar-refractivity contribution in [2.24, 2.45) is 11.8 Å². The average molecular weight is 514 g/mol. The summed E-state index contributed by atoms with van der Waals surface area (Å²) in [7, 11) is 0. The summed E-state index contributed by atoms with van der Waals surface area (Å²) >= 11 is 0. The molecule has 0 aromatic carbocycles. The molecule has 212 valence electrons. The van der Waals surface area contributed by atoms with Crippen molar-refractivity contribution >= 4 is 18.3 Å². The van der Waals surface area contributed by atoms with Crippen LogP contribution in [0.5, 0.6) is 0 Å². The van der Waals surface area contributed by atoms with Crippen LogP contribution in [-0.2, 0) is 19.1 Å². The van der Waals surface area contributed by atoms with Crippen LogP contribution in [0.1, 0.15) is 137 Å². The third-order valence-corrected chi connectivity index (χ3v) is 6.82. The third kappa shape index (κ3) is 16.9. The van der Waals surface area contributed by atoms with Crippen molar-refractivity contribution < 1.29 is 29.3 Å². The predicted molar refractivity (Wildman–Crippen MR) is 145 cm³/mol. The first kappa shape index (κ1) is 34.4. The lowest BCUT2D eigenvalue weighted by atomic mass is 9.89. The number of aliphatic carboxylic acids is 1. The first-order valence-corrected chi connectivity index (χ1v) is 14.6. The minimum atomic E-state index is -1.18. The Kier molecular flexibility index (Phi) is 21.5. The standard InChI is InChI=1S/C29H55NO6/c1-5-7-9-10-11-12-13-14-15-16-18-19-25(32)27(28(33)34)26(20-17-8-6-2)36-29(35)24(30-22-31)21-23(3)4/h22-27,32H,5-21H2,1-4H3,(H,30,31)(H,33,34)/t24-,25+,26?,27-/m0/s1. The lowest BCUT2D eigenvalue weighted by molar-refractivity contribution is -0.167. The molecule has 0 spiro atoms. The van der Waals surface area contributed by atoms with Gasteiger partial charge in [0.1, 0.15) is 18.1 Å². The Labute approximate surface area is 220 Å². The van der Waals surface area contributed by atoms with E-state index in [9.17, 15) is 24.6 Å². The Morgan fingerprint density at radius 3 is 1.75 bits per heavy atom. The molecule has 4 atom stereocenters. The molecule has 1 amide bonds. The Balaban J connectivity index is 4.80. The molecule has 3 N–H and O–H groups in total. The highest BCUT2D eigenvalue weighted by Crippen LogP contribution is 2.24. The van der Waals surface area contributed by atoms with Gasteiger partial charge in [-0.15, -0.1) is 0 Å². The van der Waals surface area contributed by atoms with Gasteiger partial charge in [-0.2, -0.15) is 0 Å². The number of carbonyl (C=O) groups excluding carboxylic acids is 2. The van der Waals surface area contributed by atoms with Crippen LogP contribution >= 0.6 is 0 Å². The van der Waals surface area contributed by atoms with Crippen LogP contribution in [0.15, 0.2) is 0 Å². The normalized spacial score (nSPS) is 14.7. The summed E-state index contributed by atoms with van der Waals surface area (Å²) in [4.78, 5) is 35.9. The highest BCUT2D eigenvalue weighted by atomic mass is 16.5. The van der Waals surface area contributed by atoms with Crippen molar-refractivity contribution in [1.82, 2.24) is 5.32 Å². The molecule has 36 heavy (non-hydrogen) atoms. The fourth-order valence-electron chi connectivity index (χ4n) is 4.69. The van der Waals surface area contributed by atoms with Crippen molar-refractivity contribution in [2.75, 3.05) is 0 Å². The molecule has 0 fully saturated rings. The molecule has 1 unspecified atom stereocenters. The van der Waals surface area contributed by atoms with Crippen molar-refractivity contribution in [1.29, 1.82) is 0 Å². The van der Waals surface area contributed by atoms with Gasteiger partial charge in [-0.05, 0) is 31.6 Å². The molecule has 0 aromatic heterocycles. The number of aliphatic hydroxyl groups is 1. The van der Waals surface area contributed by atoms with E-state index < -0.39 is 36.1 Å². The molecular weight excluding hydrogens is 458 g/mol. The topological polar surface area (TPSA) is 113 Å². The molecule has 0 aliphatic carbocycles. The van der Waals surface area contributed by atoms with E-state index in [1.54, 1.807) is 0 Å². The Hall–Kier alpha value is -1.63. The maximum Gasteiger partial charge on any atom is 0.328 e. The molecule has 0 rings (SSSR count). The fourth-order valence-corrected chi connectivity index (χ4v) is 4.69. The number of nitrogens with one attached hydrogen (secondary N) is 1. The van der Waals surface area contributed by atoms with Crippen LogP contribution in [0, 0.1) is 11.8 Å². The Morgan fingerprint density at radius 2 is 1.28 bits per heavy atom. The lowest BCUT2D eigenvalue weighted by Crippen LogP contribution is -2.45. The second-order valence-corrected chi connectivity index (χ2v) is 10.7. The molecule has 0 saturated heterocycles. The van der Waals surface area contributed by atoms with Crippen molar-refractivity contribution in [3.63, 3.8) is 0 Å². The maximum absolute atomic E-state index is 12.8. The van der Waals surface area contributed by atoms with E-state index in [2.05, 4.69) is 12.2 Å². The van der Waals surface area contributed by atoms with E-state index in [-0.39, 0.29) is 5.92 Å². The smallest absolute Gasteiger partial charge is 0.328 e. The molecular formula is C29H55NO6. The number of unbranched alkanes of at least 4 members (excludes halogenated alkanes) is 12. The average Bonchev–Trinajstić information content (AvgIpc) is 2.81. The summed E-state index contributed by atoms with van der Waals surface area (Å²) in [6, 6.07) is -0.825. The molecule has 0 aliphatic heterocycles. The molecule has 0 saturated carbocycles. The monoisotopic (exact) mass is 513 g/mol. The predicted octanol–water partition coefficient (Wildman–Crippen LogP) is 6.40. The quantitative estimate of drug-likeness (QED) is 0.0739. The van der Waals surface area contributed by atoms with Crippen LogP contribution in [0.25, 0.3) is 0 Å². The summed E-state index contributed by atoms with van der Waals surface area (Å²) in [5.74, 6) is -2.81. The summed E-state index contributed by atoms with van der Waals surface area (Å²) in [6.45, 7) is 8.14. The number of carboxylic acids is 1. The van der Waals surface area contributed by atoms with Crippen molar-refractivity contribution in [3.8, 4) is 0 Å². The number of carboxylic acid groups (broad SMARTS) is 1. The highest BCUT2D eigenvalue weighted by molar-refractivity contribution is 5.79. The van der Waals surface area contributed by atoms with E-state index in [1.807, 2.05) is 20.8 Å². The Morgan fingerprint density at radius 1 is 0.806 bits per heavy atom. The molecule has 0 radical (unpaired) electrons. The van der Waals surface area contributed by atoms with Gasteiger partial charge in [-0.1, -0.05) is 111 Å². The van der Waals surface area contributed by atoms with Crippen LogP contribution < -0.4 is 5.32 Å². The zero-order chi connectivity index (χ0) is 27.2. The number of aliphatic hydroxyl groups excluding tert-OH is 1. The first-order valence-electron chi connectivity index (χ1n) is 14.6. The van der Waals surface area contributed by atoms with Crippen LogP contribution in [-0.4, -0.2) is 46.8 Å². The zero-order valence-corrected chi connectivity index (χ0v) is 23.5. The number of hydrogen-bond acceptors (Lipinski definition) is 5.